The largest absolute Gasteiger partial charge is 0.493 e. The van der Waals surface area contributed by atoms with E-state index in [0.717, 1.165) is 12.0 Å². The zero-order valence-electron chi connectivity index (χ0n) is 13.7. The highest BCUT2D eigenvalue weighted by Gasteiger charge is 2.15. The van der Waals surface area contributed by atoms with Crippen LogP contribution in [0.15, 0.2) is 55.1 Å². The smallest absolute Gasteiger partial charge is 0.339 e. The molecule has 0 aliphatic rings. The number of allylic oxidation sites excluding steroid dienone is 1. The summed E-state index contributed by atoms with van der Waals surface area (Å²) in [6, 6.07) is 12.0. The van der Waals surface area contributed by atoms with Crippen molar-refractivity contribution >= 4 is 5.97 Å². The van der Waals surface area contributed by atoms with Gasteiger partial charge in [0.25, 0.3) is 0 Å². The summed E-state index contributed by atoms with van der Waals surface area (Å²) in [6.45, 7) is 5.40. The van der Waals surface area contributed by atoms with Crippen molar-refractivity contribution in [2.45, 2.75) is 19.6 Å². The molecule has 0 saturated carbocycles. The SMILES string of the molecule is C=CCc1ccc(OC(C)Oc2ccccc2C(=O)O)c(OC)c1. The Morgan fingerprint density at radius 1 is 1.17 bits per heavy atom. The van der Waals surface area contributed by atoms with Crippen LogP contribution in [-0.2, 0) is 6.42 Å². The standard InChI is InChI=1S/C19H20O5/c1-4-7-14-10-11-17(18(12-14)22-3)24-13(2)23-16-9-6-5-8-15(16)19(20)21/h4-6,8-13H,1,7H2,2-3H3,(H,20,21). The average molecular weight is 328 g/mol. The Morgan fingerprint density at radius 3 is 2.54 bits per heavy atom. The lowest BCUT2D eigenvalue weighted by atomic mass is 10.1. The molecule has 0 radical (unpaired) electrons. The third-order valence-electron chi connectivity index (χ3n) is 3.31. The van der Waals surface area contributed by atoms with Crippen molar-refractivity contribution in [2.24, 2.45) is 0 Å². The van der Waals surface area contributed by atoms with E-state index in [9.17, 15) is 9.90 Å². The van der Waals surface area contributed by atoms with Gasteiger partial charge >= 0.3 is 5.97 Å². The van der Waals surface area contributed by atoms with Gasteiger partial charge in [-0.15, -0.1) is 6.58 Å². The van der Waals surface area contributed by atoms with Crippen molar-refractivity contribution in [2.75, 3.05) is 7.11 Å². The second-order valence-electron chi connectivity index (χ2n) is 5.08. The van der Waals surface area contributed by atoms with Crippen molar-refractivity contribution in [1.29, 1.82) is 0 Å². The number of aromatic carboxylic acids is 1. The summed E-state index contributed by atoms with van der Waals surface area (Å²) < 4.78 is 16.7. The molecule has 5 nitrogen and oxygen atoms in total. The molecular weight excluding hydrogens is 308 g/mol. The number of para-hydroxylation sites is 1. The van der Waals surface area contributed by atoms with Gasteiger partial charge in [0.1, 0.15) is 11.3 Å². The van der Waals surface area contributed by atoms with Crippen LogP contribution in [0.3, 0.4) is 0 Å². The predicted octanol–water partition coefficient (Wildman–Crippen LogP) is 3.93. The molecule has 126 valence electrons. The number of ether oxygens (including phenoxy) is 3. The second kappa shape index (κ2) is 8.06. The Kier molecular flexibility index (Phi) is 5.84. The minimum atomic E-state index is -1.05. The lowest BCUT2D eigenvalue weighted by Gasteiger charge is -2.19. The molecule has 2 aromatic rings. The molecule has 1 atom stereocenters. The molecule has 0 aliphatic heterocycles. The lowest BCUT2D eigenvalue weighted by Crippen LogP contribution is -2.21. The Bertz CT molecular complexity index is 723. The summed E-state index contributed by atoms with van der Waals surface area (Å²) in [5.41, 5.74) is 1.14. The topological polar surface area (TPSA) is 65.0 Å². The summed E-state index contributed by atoms with van der Waals surface area (Å²) >= 11 is 0. The highest BCUT2D eigenvalue weighted by molar-refractivity contribution is 5.90. The van der Waals surface area contributed by atoms with Crippen molar-refractivity contribution in [3.05, 3.63) is 66.2 Å². The molecule has 0 fully saturated rings. The maximum Gasteiger partial charge on any atom is 0.339 e. The summed E-state index contributed by atoms with van der Waals surface area (Å²) in [6.07, 6.45) is 1.85. The average Bonchev–Trinajstić information content (AvgIpc) is 2.56. The highest BCUT2D eigenvalue weighted by atomic mass is 16.7. The number of hydrogen-bond donors (Lipinski definition) is 1. The summed E-state index contributed by atoms with van der Waals surface area (Å²) in [5, 5.41) is 9.18. The number of methoxy groups -OCH3 is 1. The van der Waals surface area contributed by atoms with Crippen LogP contribution in [0.25, 0.3) is 0 Å². The van der Waals surface area contributed by atoms with Crippen LogP contribution < -0.4 is 14.2 Å². The first-order chi connectivity index (χ1) is 11.5. The normalized spacial score (nSPS) is 11.4. The number of carbonyl (C=O) groups is 1. The van der Waals surface area contributed by atoms with Gasteiger partial charge in [-0.2, -0.15) is 0 Å². The Labute approximate surface area is 141 Å². The molecule has 1 unspecified atom stereocenters. The van der Waals surface area contributed by atoms with Gasteiger partial charge in [-0.05, 0) is 36.2 Å². The van der Waals surface area contributed by atoms with E-state index in [1.54, 1.807) is 38.3 Å². The third-order valence-corrected chi connectivity index (χ3v) is 3.31. The van der Waals surface area contributed by atoms with Gasteiger partial charge in [0.15, 0.2) is 11.5 Å². The highest BCUT2D eigenvalue weighted by Crippen LogP contribution is 2.30. The van der Waals surface area contributed by atoms with Gasteiger partial charge < -0.3 is 19.3 Å². The van der Waals surface area contributed by atoms with E-state index < -0.39 is 12.3 Å². The molecule has 0 aliphatic carbocycles. The summed E-state index contributed by atoms with van der Waals surface area (Å²) in [7, 11) is 1.56. The Hall–Kier alpha value is -2.95. The van der Waals surface area contributed by atoms with Gasteiger partial charge in [0.05, 0.1) is 7.11 Å². The number of benzene rings is 2. The first-order valence-electron chi connectivity index (χ1n) is 7.48. The van der Waals surface area contributed by atoms with E-state index >= 15 is 0 Å². The molecule has 24 heavy (non-hydrogen) atoms. The summed E-state index contributed by atoms with van der Waals surface area (Å²) in [5.74, 6) is 0.297. The first-order valence-corrected chi connectivity index (χ1v) is 7.48. The third kappa shape index (κ3) is 4.29. The van der Waals surface area contributed by atoms with Crippen molar-refractivity contribution < 1.29 is 24.1 Å². The number of carboxylic acid groups (broad SMARTS) is 1. The van der Waals surface area contributed by atoms with Gasteiger partial charge in [-0.25, -0.2) is 4.79 Å². The van der Waals surface area contributed by atoms with Crippen LogP contribution in [0.4, 0.5) is 0 Å². The fraction of sp³-hybridized carbons (Fsp3) is 0.211. The Morgan fingerprint density at radius 2 is 1.88 bits per heavy atom. The fourth-order valence-electron chi connectivity index (χ4n) is 2.23. The molecule has 2 aromatic carbocycles. The summed E-state index contributed by atoms with van der Waals surface area (Å²) in [4.78, 5) is 11.2. The van der Waals surface area contributed by atoms with Gasteiger partial charge in [0.2, 0.25) is 6.29 Å². The van der Waals surface area contributed by atoms with Crippen molar-refractivity contribution in [3.8, 4) is 17.2 Å². The maximum absolute atomic E-state index is 11.2. The van der Waals surface area contributed by atoms with Crippen molar-refractivity contribution in [1.82, 2.24) is 0 Å². The molecule has 0 aromatic heterocycles. The molecule has 0 amide bonds. The van der Waals surface area contributed by atoms with Crippen LogP contribution in [0, 0.1) is 0 Å². The van der Waals surface area contributed by atoms with E-state index in [1.807, 2.05) is 18.2 Å². The van der Waals surface area contributed by atoms with E-state index in [1.165, 1.54) is 6.07 Å². The lowest BCUT2D eigenvalue weighted by molar-refractivity contribution is 0.0190. The van der Waals surface area contributed by atoms with E-state index in [4.69, 9.17) is 14.2 Å². The molecule has 0 bridgehead atoms. The molecular formula is C19H20O5. The maximum atomic E-state index is 11.2. The van der Waals surface area contributed by atoms with Gasteiger partial charge in [0, 0.05) is 6.92 Å². The van der Waals surface area contributed by atoms with Crippen LogP contribution in [0.5, 0.6) is 17.2 Å². The number of hydrogen-bond acceptors (Lipinski definition) is 4. The van der Waals surface area contributed by atoms with Gasteiger partial charge in [-0.3, -0.25) is 0 Å². The number of rotatable bonds is 8. The monoisotopic (exact) mass is 328 g/mol. The zero-order valence-corrected chi connectivity index (χ0v) is 13.7. The quantitative estimate of drug-likeness (QED) is 0.587. The van der Waals surface area contributed by atoms with Crippen LogP contribution in [0.1, 0.15) is 22.8 Å². The molecule has 0 spiro atoms. The van der Waals surface area contributed by atoms with Gasteiger partial charge in [-0.1, -0.05) is 24.3 Å². The van der Waals surface area contributed by atoms with E-state index in [-0.39, 0.29) is 11.3 Å². The van der Waals surface area contributed by atoms with Crippen LogP contribution in [0.2, 0.25) is 0 Å². The zero-order chi connectivity index (χ0) is 17.5. The fourth-order valence-corrected chi connectivity index (χ4v) is 2.23. The second-order valence-corrected chi connectivity index (χ2v) is 5.08. The van der Waals surface area contributed by atoms with Crippen LogP contribution in [-0.4, -0.2) is 24.5 Å². The minimum absolute atomic E-state index is 0.0845. The van der Waals surface area contributed by atoms with E-state index in [0.29, 0.717) is 11.5 Å². The molecule has 0 saturated heterocycles. The first kappa shape index (κ1) is 17.4. The molecule has 0 heterocycles. The van der Waals surface area contributed by atoms with E-state index in [2.05, 4.69) is 6.58 Å². The van der Waals surface area contributed by atoms with Crippen LogP contribution >= 0.6 is 0 Å². The molecule has 5 heteroatoms. The molecule has 1 N–H and O–H groups in total. The predicted molar refractivity (Wildman–Crippen MR) is 91.0 cm³/mol. The minimum Gasteiger partial charge on any atom is -0.493 e. The molecule has 2 rings (SSSR count). The van der Waals surface area contributed by atoms with Crippen molar-refractivity contribution in [3.63, 3.8) is 0 Å². The Balaban J connectivity index is 2.14. The number of carboxylic acids is 1.